The Morgan fingerprint density at radius 3 is 2.66 bits per heavy atom. The summed E-state index contributed by atoms with van der Waals surface area (Å²) in [5.74, 6) is 0.403. The second kappa shape index (κ2) is 10.0. The van der Waals surface area contributed by atoms with Crippen LogP contribution in [-0.2, 0) is 0 Å². The molecule has 0 saturated carbocycles. The maximum Gasteiger partial charge on any atom is 0.573 e. The lowest BCUT2D eigenvalue weighted by atomic mass is 10.0. The van der Waals surface area contributed by atoms with Crippen LogP contribution in [0.2, 0.25) is 0 Å². The number of nitrogens with zero attached hydrogens (tertiary/aromatic N) is 4. The fraction of sp³-hybridized carbons (Fsp3) is 0.280. The maximum atomic E-state index is 12.9. The standard InChI is InChI=1S/C25H22F3N5O2/c1-2-16-7-8-33(15-16)23-22(18-9-17(11-29)12-30-13-18)10-19(14-31-23)24(34)32-20-3-5-21(6-4-20)35-25(26,27)28/h3-6,9-10,12-14,16H,2,7-8,15H2,1H3,(H,32,34)/t16-/m0/s1. The predicted molar refractivity (Wildman–Crippen MR) is 124 cm³/mol. The molecule has 0 bridgehead atoms. The number of anilines is 2. The number of benzene rings is 1. The van der Waals surface area contributed by atoms with Gasteiger partial charge < -0.3 is 15.0 Å². The molecule has 0 spiro atoms. The van der Waals surface area contributed by atoms with Crippen molar-refractivity contribution < 1.29 is 22.7 Å². The number of pyridine rings is 2. The molecule has 1 aliphatic heterocycles. The van der Waals surface area contributed by atoms with Gasteiger partial charge in [0.2, 0.25) is 0 Å². The van der Waals surface area contributed by atoms with E-state index in [-0.39, 0.29) is 11.3 Å². The molecule has 7 nitrogen and oxygen atoms in total. The maximum absolute atomic E-state index is 12.9. The van der Waals surface area contributed by atoms with Crippen LogP contribution in [0.1, 0.15) is 35.7 Å². The van der Waals surface area contributed by atoms with Gasteiger partial charge in [-0.25, -0.2) is 4.98 Å². The Bertz CT molecular complexity index is 1260. The van der Waals surface area contributed by atoms with Crippen molar-refractivity contribution in [3.05, 3.63) is 66.1 Å². The van der Waals surface area contributed by atoms with E-state index in [1.165, 1.54) is 24.5 Å². The Morgan fingerprint density at radius 1 is 1.23 bits per heavy atom. The molecule has 4 rings (SSSR count). The highest BCUT2D eigenvalue weighted by molar-refractivity contribution is 6.05. The third-order valence-electron chi connectivity index (χ3n) is 5.82. The highest BCUT2D eigenvalue weighted by Crippen LogP contribution is 2.34. The molecule has 0 aliphatic carbocycles. The second-order valence-corrected chi connectivity index (χ2v) is 8.20. The summed E-state index contributed by atoms with van der Waals surface area (Å²) in [7, 11) is 0. The Labute approximate surface area is 200 Å². The Hall–Kier alpha value is -4.13. The molecule has 1 N–H and O–H groups in total. The number of nitrogens with one attached hydrogen (secondary N) is 1. The number of amides is 1. The van der Waals surface area contributed by atoms with Gasteiger partial charge in [-0.15, -0.1) is 13.2 Å². The molecule has 35 heavy (non-hydrogen) atoms. The molecule has 3 heterocycles. The van der Waals surface area contributed by atoms with Crippen LogP contribution in [0.3, 0.4) is 0 Å². The van der Waals surface area contributed by atoms with Gasteiger partial charge in [-0.3, -0.25) is 9.78 Å². The summed E-state index contributed by atoms with van der Waals surface area (Å²) in [6.07, 6.45) is 1.86. The lowest BCUT2D eigenvalue weighted by molar-refractivity contribution is -0.274. The largest absolute Gasteiger partial charge is 0.573 e. The van der Waals surface area contributed by atoms with E-state index in [4.69, 9.17) is 0 Å². The zero-order valence-corrected chi connectivity index (χ0v) is 18.8. The summed E-state index contributed by atoms with van der Waals surface area (Å²) in [6.45, 7) is 3.83. The fourth-order valence-corrected chi connectivity index (χ4v) is 4.00. The van der Waals surface area contributed by atoms with Crippen molar-refractivity contribution in [1.29, 1.82) is 5.26 Å². The van der Waals surface area contributed by atoms with Crippen LogP contribution in [0.25, 0.3) is 11.1 Å². The van der Waals surface area contributed by atoms with Gasteiger partial charge in [0.15, 0.2) is 0 Å². The zero-order chi connectivity index (χ0) is 25.0. The van der Waals surface area contributed by atoms with Crippen LogP contribution < -0.4 is 15.0 Å². The third-order valence-corrected chi connectivity index (χ3v) is 5.82. The van der Waals surface area contributed by atoms with E-state index < -0.39 is 12.3 Å². The number of nitriles is 1. The van der Waals surface area contributed by atoms with Gasteiger partial charge in [-0.2, -0.15) is 5.26 Å². The van der Waals surface area contributed by atoms with E-state index in [9.17, 15) is 23.2 Å². The highest BCUT2D eigenvalue weighted by Gasteiger charge is 2.31. The minimum absolute atomic E-state index is 0.257. The van der Waals surface area contributed by atoms with Crippen LogP contribution in [0.15, 0.2) is 55.0 Å². The number of hydrogen-bond acceptors (Lipinski definition) is 6. The van der Waals surface area contributed by atoms with Gasteiger partial charge in [-0.05, 0) is 48.7 Å². The Balaban J connectivity index is 1.62. The van der Waals surface area contributed by atoms with Crippen LogP contribution in [0, 0.1) is 17.2 Å². The number of hydrogen-bond donors (Lipinski definition) is 1. The first-order valence-electron chi connectivity index (χ1n) is 11.0. The number of carbonyl (C=O) groups is 1. The molecule has 0 unspecified atom stereocenters. The summed E-state index contributed by atoms with van der Waals surface area (Å²) < 4.78 is 40.9. The molecule has 10 heteroatoms. The Kier molecular flexibility index (Phi) is 6.87. The highest BCUT2D eigenvalue weighted by atomic mass is 19.4. The molecule has 0 radical (unpaired) electrons. The first-order valence-corrected chi connectivity index (χ1v) is 11.0. The summed E-state index contributed by atoms with van der Waals surface area (Å²) in [4.78, 5) is 23.8. The average Bonchev–Trinajstić information content (AvgIpc) is 3.33. The number of rotatable bonds is 6. The minimum Gasteiger partial charge on any atom is -0.406 e. The second-order valence-electron chi connectivity index (χ2n) is 8.20. The number of alkyl halides is 3. The van der Waals surface area contributed by atoms with E-state index in [1.807, 2.05) is 0 Å². The van der Waals surface area contributed by atoms with Gasteiger partial charge in [0, 0.05) is 48.5 Å². The SMILES string of the molecule is CC[C@H]1CCN(c2ncc(C(=O)Nc3ccc(OC(F)(F)F)cc3)cc2-c2cncc(C#N)c2)C1. The van der Waals surface area contributed by atoms with Crippen molar-refractivity contribution in [3.8, 4) is 22.9 Å². The number of halogens is 3. The molecule has 1 atom stereocenters. The van der Waals surface area contributed by atoms with E-state index >= 15 is 0 Å². The molecule has 1 aromatic carbocycles. The first kappa shape index (κ1) is 24.0. The molecule has 1 fully saturated rings. The van der Waals surface area contributed by atoms with Crippen molar-refractivity contribution in [2.45, 2.75) is 26.1 Å². The van der Waals surface area contributed by atoms with Gasteiger partial charge >= 0.3 is 6.36 Å². The zero-order valence-electron chi connectivity index (χ0n) is 18.8. The smallest absolute Gasteiger partial charge is 0.406 e. The molecule has 1 saturated heterocycles. The first-order chi connectivity index (χ1) is 16.8. The summed E-state index contributed by atoms with van der Waals surface area (Å²) >= 11 is 0. The molecular weight excluding hydrogens is 459 g/mol. The van der Waals surface area contributed by atoms with Crippen molar-refractivity contribution in [1.82, 2.24) is 9.97 Å². The van der Waals surface area contributed by atoms with Crippen molar-refractivity contribution in [2.75, 3.05) is 23.3 Å². The lowest BCUT2D eigenvalue weighted by Crippen LogP contribution is -2.22. The topological polar surface area (TPSA) is 91.1 Å². The molecule has 1 aliphatic rings. The average molecular weight is 481 g/mol. The van der Waals surface area contributed by atoms with Crippen LogP contribution in [0.5, 0.6) is 5.75 Å². The van der Waals surface area contributed by atoms with Crippen molar-refractivity contribution >= 4 is 17.4 Å². The van der Waals surface area contributed by atoms with Gasteiger partial charge in [0.1, 0.15) is 17.6 Å². The number of ether oxygens (including phenoxy) is 1. The van der Waals surface area contributed by atoms with Crippen LogP contribution in [0.4, 0.5) is 24.7 Å². The third kappa shape index (κ3) is 5.87. The number of aromatic nitrogens is 2. The van der Waals surface area contributed by atoms with E-state index in [1.54, 1.807) is 18.3 Å². The normalized spacial score (nSPS) is 15.5. The molecule has 2 aromatic heterocycles. The molecule has 1 amide bonds. The quantitative estimate of drug-likeness (QED) is 0.507. The molecular formula is C25H22F3N5O2. The fourth-order valence-electron chi connectivity index (χ4n) is 4.00. The van der Waals surface area contributed by atoms with E-state index in [2.05, 4.69) is 37.9 Å². The van der Waals surface area contributed by atoms with E-state index in [0.717, 1.165) is 38.1 Å². The number of carbonyl (C=O) groups excluding carboxylic acids is 1. The predicted octanol–water partition coefficient (Wildman–Crippen LogP) is 5.40. The molecule has 180 valence electrons. The van der Waals surface area contributed by atoms with E-state index in [0.29, 0.717) is 34.1 Å². The lowest BCUT2D eigenvalue weighted by Gasteiger charge is -2.21. The van der Waals surface area contributed by atoms with Gasteiger partial charge in [0.05, 0.1) is 11.1 Å². The van der Waals surface area contributed by atoms with Crippen molar-refractivity contribution in [2.24, 2.45) is 5.92 Å². The minimum atomic E-state index is -4.79. The Morgan fingerprint density at radius 2 is 2.00 bits per heavy atom. The van der Waals surface area contributed by atoms with Gasteiger partial charge in [0.25, 0.3) is 5.91 Å². The summed E-state index contributed by atoms with van der Waals surface area (Å²) in [6, 6.07) is 10.3. The van der Waals surface area contributed by atoms with Crippen LogP contribution >= 0.6 is 0 Å². The monoisotopic (exact) mass is 481 g/mol. The van der Waals surface area contributed by atoms with Crippen molar-refractivity contribution in [3.63, 3.8) is 0 Å². The van der Waals surface area contributed by atoms with Crippen LogP contribution in [-0.4, -0.2) is 35.3 Å². The summed E-state index contributed by atoms with van der Waals surface area (Å²) in [5.41, 5.74) is 2.28. The summed E-state index contributed by atoms with van der Waals surface area (Å²) in [5, 5.41) is 12.0. The van der Waals surface area contributed by atoms with Gasteiger partial charge in [-0.1, -0.05) is 13.3 Å². The molecule has 3 aromatic rings.